The number of halogens is 2. The molecule has 0 unspecified atom stereocenters. The molecule has 0 bridgehead atoms. The van der Waals surface area contributed by atoms with Crippen LogP contribution in [0, 0.1) is 16.6 Å². The van der Waals surface area contributed by atoms with Crippen molar-refractivity contribution in [2.45, 2.75) is 33.2 Å². The van der Waals surface area contributed by atoms with Gasteiger partial charge in [0.1, 0.15) is 3.70 Å². The first-order valence-electron chi connectivity index (χ1n) is 3.75. The summed E-state index contributed by atoms with van der Waals surface area (Å²) in [5.74, 6) is -0.366. The average molecular weight is 282 g/mol. The third-order valence-corrected chi connectivity index (χ3v) is 2.89. The lowest BCUT2D eigenvalue weighted by Crippen LogP contribution is -2.24. The summed E-state index contributed by atoms with van der Waals surface area (Å²) in [6.45, 7) is 7.75. The zero-order valence-corrected chi connectivity index (χ0v) is 9.81. The number of nitrogens with zero attached hydrogens (tertiary/aromatic N) is 2. The molecular weight excluding hydrogens is 270 g/mol. The largest absolute Gasteiger partial charge is 0.251 e. The predicted molar refractivity (Wildman–Crippen MR) is 54.6 cm³/mol. The molecule has 12 heavy (non-hydrogen) atoms. The number of rotatable bonds is 0. The van der Waals surface area contributed by atoms with Crippen LogP contribution in [0.4, 0.5) is 4.39 Å². The molecule has 0 fully saturated rings. The molecule has 2 nitrogen and oxygen atoms in total. The van der Waals surface area contributed by atoms with E-state index in [4.69, 9.17) is 0 Å². The minimum absolute atomic E-state index is 0.147. The van der Waals surface area contributed by atoms with Gasteiger partial charge in [-0.15, -0.1) is 5.10 Å². The van der Waals surface area contributed by atoms with Crippen molar-refractivity contribution in [1.82, 2.24) is 9.78 Å². The highest BCUT2D eigenvalue weighted by molar-refractivity contribution is 14.1. The first kappa shape index (κ1) is 9.95. The van der Waals surface area contributed by atoms with Crippen LogP contribution >= 0.6 is 22.6 Å². The molecule has 0 aliphatic heterocycles. The molecule has 1 aromatic heterocycles. The summed E-state index contributed by atoms with van der Waals surface area (Å²) in [5.41, 5.74) is 0.483. The van der Waals surface area contributed by atoms with Gasteiger partial charge in [0, 0.05) is 5.56 Å². The minimum atomic E-state index is -0.366. The summed E-state index contributed by atoms with van der Waals surface area (Å²) in [7, 11) is 0. The van der Waals surface area contributed by atoms with Crippen molar-refractivity contribution in [3.05, 3.63) is 15.2 Å². The third kappa shape index (κ3) is 1.62. The van der Waals surface area contributed by atoms with E-state index in [1.54, 1.807) is 11.6 Å². The lowest BCUT2D eigenvalue weighted by atomic mass is 10.1. The number of aromatic nitrogens is 2. The molecule has 0 saturated heterocycles. The fourth-order valence-corrected chi connectivity index (χ4v) is 1.95. The topological polar surface area (TPSA) is 17.8 Å². The first-order chi connectivity index (χ1) is 5.34. The monoisotopic (exact) mass is 282 g/mol. The van der Waals surface area contributed by atoms with Crippen LogP contribution in [0.1, 0.15) is 26.3 Å². The van der Waals surface area contributed by atoms with Gasteiger partial charge in [0.05, 0.1) is 5.54 Å². The lowest BCUT2D eigenvalue weighted by Gasteiger charge is -2.20. The molecule has 0 N–H and O–H groups in total. The van der Waals surface area contributed by atoms with Crippen molar-refractivity contribution < 1.29 is 4.39 Å². The molecule has 0 saturated carbocycles. The van der Waals surface area contributed by atoms with E-state index in [0.29, 0.717) is 5.56 Å². The molecule has 0 spiro atoms. The van der Waals surface area contributed by atoms with Gasteiger partial charge in [0.2, 0.25) is 5.95 Å². The van der Waals surface area contributed by atoms with Gasteiger partial charge in [-0.3, -0.25) is 4.68 Å². The first-order valence-corrected chi connectivity index (χ1v) is 4.83. The van der Waals surface area contributed by atoms with E-state index in [0.717, 1.165) is 3.70 Å². The summed E-state index contributed by atoms with van der Waals surface area (Å²) in [6, 6.07) is 0. The SMILES string of the molecule is Cc1c(F)nn(C(C)(C)C)c1I. The number of hydrogen-bond donors (Lipinski definition) is 0. The van der Waals surface area contributed by atoms with Crippen molar-refractivity contribution in [1.29, 1.82) is 0 Å². The van der Waals surface area contributed by atoms with Gasteiger partial charge in [-0.1, -0.05) is 0 Å². The van der Waals surface area contributed by atoms with Crippen LogP contribution in [0.2, 0.25) is 0 Å². The van der Waals surface area contributed by atoms with Crippen molar-refractivity contribution in [3.8, 4) is 0 Å². The maximum Gasteiger partial charge on any atom is 0.236 e. The molecule has 0 aliphatic carbocycles. The molecule has 0 aliphatic rings. The van der Waals surface area contributed by atoms with Crippen molar-refractivity contribution in [2.75, 3.05) is 0 Å². The second-order valence-corrected chi connectivity index (χ2v) is 4.81. The normalized spacial score (nSPS) is 12.2. The molecule has 1 rings (SSSR count). The lowest BCUT2D eigenvalue weighted by molar-refractivity contribution is 0.335. The molecule has 1 aromatic rings. The average Bonchev–Trinajstić information content (AvgIpc) is 2.15. The zero-order chi connectivity index (χ0) is 9.52. The summed E-state index contributed by atoms with van der Waals surface area (Å²) in [6.07, 6.45) is 0. The van der Waals surface area contributed by atoms with E-state index in [1.807, 2.05) is 20.8 Å². The molecule has 68 valence electrons. The molecule has 0 amide bonds. The fraction of sp³-hybridized carbons (Fsp3) is 0.625. The van der Waals surface area contributed by atoms with Crippen LogP contribution in [-0.4, -0.2) is 9.78 Å². The van der Waals surface area contributed by atoms with Crippen molar-refractivity contribution >= 4 is 22.6 Å². The Labute approximate surface area is 85.3 Å². The maximum absolute atomic E-state index is 13.0. The molecule has 0 atom stereocenters. The summed E-state index contributed by atoms with van der Waals surface area (Å²) in [4.78, 5) is 0. The quantitative estimate of drug-likeness (QED) is 0.669. The Kier molecular flexibility index (Phi) is 2.47. The van der Waals surface area contributed by atoms with Crippen LogP contribution in [0.25, 0.3) is 0 Å². The van der Waals surface area contributed by atoms with E-state index in [9.17, 15) is 4.39 Å². The van der Waals surface area contributed by atoms with Crippen molar-refractivity contribution in [2.24, 2.45) is 0 Å². The summed E-state index contributed by atoms with van der Waals surface area (Å²) in [5, 5.41) is 3.82. The van der Waals surface area contributed by atoms with E-state index in [1.165, 1.54) is 0 Å². The van der Waals surface area contributed by atoms with Crippen LogP contribution in [0.15, 0.2) is 0 Å². The number of hydrogen-bond acceptors (Lipinski definition) is 1. The molecule has 1 heterocycles. The van der Waals surface area contributed by atoms with Crippen LogP contribution in [0.3, 0.4) is 0 Å². The van der Waals surface area contributed by atoms with E-state index in [2.05, 4.69) is 27.7 Å². The Morgan fingerprint density at radius 2 is 1.92 bits per heavy atom. The molecule has 0 radical (unpaired) electrons. The smallest absolute Gasteiger partial charge is 0.236 e. The Bertz CT molecular complexity index is 299. The van der Waals surface area contributed by atoms with Gasteiger partial charge in [-0.25, -0.2) is 0 Å². The Morgan fingerprint density at radius 3 is 2.08 bits per heavy atom. The van der Waals surface area contributed by atoms with E-state index in [-0.39, 0.29) is 11.5 Å². The highest BCUT2D eigenvalue weighted by Crippen LogP contribution is 2.21. The summed E-state index contributed by atoms with van der Waals surface area (Å²) < 4.78 is 15.6. The third-order valence-electron chi connectivity index (χ3n) is 1.63. The molecular formula is C8H12FIN2. The fourth-order valence-electron chi connectivity index (χ4n) is 0.895. The molecule has 4 heteroatoms. The Morgan fingerprint density at radius 1 is 1.42 bits per heavy atom. The summed E-state index contributed by atoms with van der Waals surface area (Å²) >= 11 is 2.11. The van der Waals surface area contributed by atoms with Crippen molar-refractivity contribution in [3.63, 3.8) is 0 Å². The van der Waals surface area contributed by atoms with Crippen LogP contribution < -0.4 is 0 Å². The van der Waals surface area contributed by atoms with E-state index >= 15 is 0 Å². The second kappa shape index (κ2) is 2.97. The van der Waals surface area contributed by atoms with Gasteiger partial charge in [0.15, 0.2) is 0 Å². The zero-order valence-electron chi connectivity index (χ0n) is 7.65. The van der Waals surface area contributed by atoms with Crippen LogP contribution in [-0.2, 0) is 5.54 Å². The van der Waals surface area contributed by atoms with Crippen LogP contribution in [0.5, 0.6) is 0 Å². The molecule has 0 aromatic carbocycles. The van der Waals surface area contributed by atoms with Gasteiger partial charge < -0.3 is 0 Å². The van der Waals surface area contributed by atoms with Gasteiger partial charge in [-0.05, 0) is 50.3 Å². The second-order valence-electron chi connectivity index (χ2n) is 3.79. The Hall–Kier alpha value is -0.130. The highest BCUT2D eigenvalue weighted by Gasteiger charge is 2.21. The highest BCUT2D eigenvalue weighted by atomic mass is 127. The van der Waals surface area contributed by atoms with Gasteiger partial charge in [0.25, 0.3) is 0 Å². The Balaban J connectivity index is 3.28. The van der Waals surface area contributed by atoms with Gasteiger partial charge in [-0.2, -0.15) is 4.39 Å². The maximum atomic E-state index is 13.0. The predicted octanol–water partition coefficient (Wildman–Crippen LogP) is 2.69. The minimum Gasteiger partial charge on any atom is -0.251 e. The standard InChI is InChI=1S/C8H12FIN2/c1-5-6(9)11-12(7(5)10)8(2,3)4/h1-4H3. The van der Waals surface area contributed by atoms with Gasteiger partial charge >= 0.3 is 0 Å². The van der Waals surface area contributed by atoms with E-state index < -0.39 is 0 Å².